The normalized spacial score (nSPS) is 15.1. The van der Waals surface area contributed by atoms with E-state index < -0.39 is 0 Å². The van der Waals surface area contributed by atoms with Gasteiger partial charge in [-0.15, -0.1) is 0 Å². The zero-order chi connectivity index (χ0) is 9.42. The third-order valence-corrected chi connectivity index (χ3v) is 2.33. The smallest absolute Gasteiger partial charge is 0.311 e. The molecule has 0 unspecified atom stereocenters. The molecule has 0 bridgehead atoms. The highest BCUT2D eigenvalue weighted by atomic mass is 16.5. The Bertz CT molecular complexity index is 371. The highest BCUT2D eigenvalue weighted by molar-refractivity contribution is 5.76. The second-order valence-electron chi connectivity index (χ2n) is 3.31. The van der Waals surface area contributed by atoms with Gasteiger partial charge in [-0.3, -0.25) is 9.78 Å². The summed E-state index contributed by atoms with van der Waals surface area (Å²) < 4.78 is 5.14. The average Bonchev–Trinajstić information content (AvgIpc) is 2.12. The predicted octanol–water partition coefficient (Wildman–Crippen LogP) is 1.55. The lowest BCUT2D eigenvalue weighted by Crippen LogP contribution is -2.18. The Morgan fingerprint density at radius 3 is 2.92 bits per heavy atom. The number of aryl methyl sites for hydroxylation is 2. The van der Waals surface area contributed by atoms with Crippen LogP contribution in [-0.4, -0.2) is 11.0 Å². The maximum Gasteiger partial charge on any atom is 0.311 e. The van der Waals surface area contributed by atoms with Crippen molar-refractivity contribution < 1.29 is 9.53 Å². The van der Waals surface area contributed by atoms with E-state index in [0.29, 0.717) is 12.2 Å². The molecule has 2 rings (SSSR count). The number of rotatable bonds is 0. The average molecular weight is 177 g/mol. The highest BCUT2D eigenvalue weighted by Gasteiger charge is 2.20. The van der Waals surface area contributed by atoms with Gasteiger partial charge in [0, 0.05) is 11.8 Å². The summed E-state index contributed by atoms with van der Waals surface area (Å²) in [7, 11) is 0. The van der Waals surface area contributed by atoms with Crippen molar-refractivity contribution in [2.45, 2.75) is 26.7 Å². The van der Waals surface area contributed by atoms with E-state index in [2.05, 4.69) is 4.98 Å². The van der Waals surface area contributed by atoms with E-state index in [1.165, 1.54) is 0 Å². The number of esters is 1. The van der Waals surface area contributed by atoms with Crippen LogP contribution < -0.4 is 4.74 Å². The third kappa shape index (κ3) is 1.30. The number of nitrogens with zero attached hydrogens (tertiary/aromatic N) is 1. The van der Waals surface area contributed by atoms with Crippen molar-refractivity contribution in [2.75, 3.05) is 0 Å². The molecule has 0 aromatic carbocycles. The fourth-order valence-corrected chi connectivity index (χ4v) is 1.57. The highest BCUT2D eigenvalue weighted by Crippen LogP contribution is 2.29. The van der Waals surface area contributed by atoms with Crippen molar-refractivity contribution in [3.05, 3.63) is 23.0 Å². The van der Waals surface area contributed by atoms with E-state index in [-0.39, 0.29) is 5.97 Å². The Morgan fingerprint density at radius 1 is 1.38 bits per heavy atom. The van der Waals surface area contributed by atoms with Crippen molar-refractivity contribution in [3.8, 4) is 5.75 Å². The molecule has 0 fully saturated rings. The monoisotopic (exact) mass is 177 g/mol. The number of pyridine rings is 1. The molecule has 68 valence electrons. The second kappa shape index (κ2) is 2.83. The van der Waals surface area contributed by atoms with Gasteiger partial charge in [0.15, 0.2) is 5.75 Å². The maximum absolute atomic E-state index is 11.0. The van der Waals surface area contributed by atoms with Crippen molar-refractivity contribution in [3.63, 3.8) is 0 Å². The van der Waals surface area contributed by atoms with Gasteiger partial charge in [-0.25, -0.2) is 0 Å². The van der Waals surface area contributed by atoms with E-state index in [0.717, 1.165) is 23.2 Å². The van der Waals surface area contributed by atoms with Crippen LogP contribution in [0, 0.1) is 13.8 Å². The number of carbonyl (C=O) groups is 1. The number of aromatic nitrogens is 1. The Kier molecular flexibility index (Phi) is 1.79. The van der Waals surface area contributed by atoms with Crippen LogP contribution in [0.5, 0.6) is 5.75 Å². The summed E-state index contributed by atoms with van der Waals surface area (Å²) >= 11 is 0. The van der Waals surface area contributed by atoms with Crippen LogP contribution in [0.15, 0.2) is 6.20 Å². The molecule has 0 saturated carbocycles. The number of hydrogen-bond acceptors (Lipinski definition) is 3. The van der Waals surface area contributed by atoms with Crippen LogP contribution in [0.3, 0.4) is 0 Å². The first-order chi connectivity index (χ1) is 6.18. The minimum atomic E-state index is -0.150. The molecule has 13 heavy (non-hydrogen) atoms. The summed E-state index contributed by atoms with van der Waals surface area (Å²) in [6.07, 6.45) is 3.09. The molecule has 0 N–H and O–H groups in total. The molecule has 3 heteroatoms. The van der Waals surface area contributed by atoms with Crippen molar-refractivity contribution in [1.82, 2.24) is 4.98 Å². The van der Waals surface area contributed by atoms with Gasteiger partial charge in [-0.1, -0.05) is 0 Å². The van der Waals surface area contributed by atoms with E-state index in [1.54, 1.807) is 0 Å². The minimum Gasteiger partial charge on any atom is -0.424 e. The van der Waals surface area contributed by atoms with Gasteiger partial charge in [0.25, 0.3) is 0 Å². The van der Waals surface area contributed by atoms with Crippen molar-refractivity contribution in [2.24, 2.45) is 0 Å². The summed E-state index contributed by atoms with van der Waals surface area (Å²) in [5, 5.41) is 0. The lowest BCUT2D eigenvalue weighted by Gasteiger charge is -2.18. The Morgan fingerprint density at radius 2 is 2.15 bits per heavy atom. The van der Waals surface area contributed by atoms with Crippen LogP contribution >= 0.6 is 0 Å². The maximum atomic E-state index is 11.0. The van der Waals surface area contributed by atoms with E-state index in [1.807, 2.05) is 20.0 Å². The van der Waals surface area contributed by atoms with Gasteiger partial charge in [-0.05, 0) is 25.8 Å². The molecule has 0 aliphatic carbocycles. The zero-order valence-corrected chi connectivity index (χ0v) is 7.76. The van der Waals surface area contributed by atoms with Crippen LogP contribution in [0.2, 0.25) is 0 Å². The number of hydrogen-bond donors (Lipinski definition) is 0. The Labute approximate surface area is 76.7 Å². The SMILES string of the molecule is Cc1cnc(C)c2c1CCC(=O)O2. The van der Waals surface area contributed by atoms with Gasteiger partial charge >= 0.3 is 5.97 Å². The van der Waals surface area contributed by atoms with Gasteiger partial charge in [0.05, 0.1) is 12.1 Å². The Balaban J connectivity index is 2.57. The molecule has 1 aliphatic rings. The summed E-state index contributed by atoms with van der Waals surface area (Å²) in [6, 6.07) is 0. The summed E-state index contributed by atoms with van der Waals surface area (Å²) in [5.41, 5.74) is 3.04. The van der Waals surface area contributed by atoms with Crippen molar-refractivity contribution in [1.29, 1.82) is 0 Å². The first-order valence-corrected chi connectivity index (χ1v) is 4.34. The third-order valence-electron chi connectivity index (χ3n) is 2.33. The standard InChI is InChI=1S/C10H11NO2/c1-6-5-11-7(2)10-8(6)3-4-9(12)13-10/h5H,3-4H2,1-2H3. The quantitative estimate of drug-likeness (QED) is 0.564. The summed E-state index contributed by atoms with van der Waals surface area (Å²) in [6.45, 7) is 3.85. The molecule has 0 atom stereocenters. The van der Waals surface area contributed by atoms with Crippen LogP contribution in [0.25, 0.3) is 0 Å². The van der Waals surface area contributed by atoms with Crippen molar-refractivity contribution >= 4 is 5.97 Å². The van der Waals surface area contributed by atoms with Crippen LogP contribution in [-0.2, 0) is 11.2 Å². The second-order valence-corrected chi connectivity index (χ2v) is 3.31. The largest absolute Gasteiger partial charge is 0.424 e. The molecule has 0 saturated heterocycles. The van der Waals surface area contributed by atoms with Crippen LogP contribution in [0.1, 0.15) is 23.2 Å². The lowest BCUT2D eigenvalue weighted by molar-refractivity contribution is -0.135. The number of ether oxygens (including phenoxy) is 1. The minimum absolute atomic E-state index is 0.150. The molecule has 1 aliphatic heterocycles. The Hall–Kier alpha value is -1.38. The molecular weight excluding hydrogens is 166 g/mol. The molecule has 0 radical (unpaired) electrons. The summed E-state index contributed by atoms with van der Waals surface area (Å²) in [5.74, 6) is 0.527. The molecule has 2 heterocycles. The van der Waals surface area contributed by atoms with Gasteiger partial charge < -0.3 is 4.74 Å². The number of carbonyl (C=O) groups excluding carboxylic acids is 1. The lowest BCUT2D eigenvalue weighted by atomic mass is 10.0. The predicted molar refractivity (Wildman–Crippen MR) is 47.7 cm³/mol. The first kappa shape index (κ1) is 8.23. The van der Waals surface area contributed by atoms with E-state index >= 15 is 0 Å². The number of fused-ring (bicyclic) bond motifs is 1. The van der Waals surface area contributed by atoms with E-state index in [4.69, 9.17) is 4.74 Å². The first-order valence-electron chi connectivity index (χ1n) is 4.34. The van der Waals surface area contributed by atoms with E-state index in [9.17, 15) is 4.79 Å². The van der Waals surface area contributed by atoms with Gasteiger partial charge in [-0.2, -0.15) is 0 Å². The van der Waals surface area contributed by atoms with Gasteiger partial charge in [0.1, 0.15) is 0 Å². The molecule has 3 nitrogen and oxygen atoms in total. The summed E-state index contributed by atoms with van der Waals surface area (Å²) in [4.78, 5) is 15.2. The zero-order valence-electron chi connectivity index (χ0n) is 7.76. The molecule has 0 spiro atoms. The fourth-order valence-electron chi connectivity index (χ4n) is 1.57. The topological polar surface area (TPSA) is 39.2 Å². The van der Waals surface area contributed by atoms with Gasteiger partial charge in [0.2, 0.25) is 0 Å². The molecule has 0 amide bonds. The fraction of sp³-hybridized carbons (Fsp3) is 0.400. The molecular formula is C10H11NO2. The molecule has 1 aromatic heterocycles. The molecule has 1 aromatic rings. The van der Waals surface area contributed by atoms with Crippen LogP contribution in [0.4, 0.5) is 0 Å².